The molecule has 0 saturated carbocycles. The summed E-state index contributed by atoms with van der Waals surface area (Å²) in [7, 11) is 1.60. The van der Waals surface area contributed by atoms with Crippen molar-refractivity contribution < 1.29 is 19.1 Å². The number of Topliss-reactive ketones (excluding diaryl/α,β-unsaturated/α-hetero) is 1. The number of amides is 1. The largest absolute Gasteiger partial charge is 0.491 e. The molecule has 0 aliphatic heterocycles. The van der Waals surface area contributed by atoms with Crippen molar-refractivity contribution in [3.8, 4) is 5.75 Å². The lowest BCUT2D eigenvalue weighted by atomic mass is 10.2. The Labute approximate surface area is 106 Å². The summed E-state index contributed by atoms with van der Waals surface area (Å²) in [5.74, 6) is 0.157. The summed E-state index contributed by atoms with van der Waals surface area (Å²) >= 11 is 0. The molecule has 18 heavy (non-hydrogen) atoms. The van der Waals surface area contributed by atoms with Crippen molar-refractivity contribution >= 4 is 17.4 Å². The lowest BCUT2D eigenvalue weighted by molar-refractivity contribution is -0.124. The van der Waals surface area contributed by atoms with E-state index in [-0.39, 0.29) is 18.1 Å². The van der Waals surface area contributed by atoms with E-state index in [1.807, 2.05) is 0 Å². The smallest absolute Gasteiger partial charge is 0.231 e. The molecule has 1 aromatic carbocycles. The molecule has 0 spiro atoms. The Morgan fingerprint density at radius 3 is 2.72 bits per heavy atom. The number of hydrogen-bond donors (Lipinski definition) is 1. The Kier molecular flexibility index (Phi) is 5.87. The van der Waals surface area contributed by atoms with Gasteiger partial charge < -0.3 is 14.8 Å². The highest BCUT2D eigenvalue weighted by Crippen LogP contribution is 2.17. The first kappa shape index (κ1) is 14.2. The Morgan fingerprint density at radius 2 is 2.06 bits per heavy atom. The maximum Gasteiger partial charge on any atom is 0.231 e. The highest BCUT2D eigenvalue weighted by atomic mass is 16.5. The van der Waals surface area contributed by atoms with Gasteiger partial charge in [-0.25, -0.2) is 0 Å². The van der Waals surface area contributed by atoms with Gasteiger partial charge in [0.05, 0.1) is 13.0 Å². The molecule has 0 fully saturated rings. The van der Waals surface area contributed by atoms with Crippen LogP contribution >= 0.6 is 0 Å². The van der Waals surface area contributed by atoms with Crippen LogP contribution in [0.5, 0.6) is 5.75 Å². The first-order valence-corrected chi connectivity index (χ1v) is 5.63. The van der Waals surface area contributed by atoms with E-state index in [0.717, 1.165) is 0 Å². The van der Waals surface area contributed by atoms with Gasteiger partial charge in [0.15, 0.2) is 0 Å². The van der Waals surface area contributed by atoms with E-state index in [1.165, 1.54) is 6.92 Å². The number of nitrogens with one attached hydrogen (secondary N) is 1. The number of methoxy groups -OCH3 is 1. The van der Waals surface area contributed by atoms with Gasteiger partial charge in [0.1, 0.15) is 18.1 Å². The molecule has 0 saturated heterocycles. The second-order valence-corrected chi connectivity index (χ2v) is 3.80. The maximum absolute atomic E-state index is 11.4. The van der Waals surface area contributed by atoms with Crippen molar-refractivity contribution in [3.63, 3.8) is 0 Å². The molecule has 0 bridgehead atoms. The third-order valence-electron chi connectivity index (χ3n) is 2.08. The van der Waals surface area contributed by atoms with E-state index in [2.05, 4.69) is 5.32 Å². The molecule has 0 aromatic heterocycles. The van der Waals surface area contributed by atoms with Gasteiger partial charge in [0, 0.05) is 18.9 Å². The molecule has 1 N–H and O–H groups in total. The number of ketones is 1. The summed E-state index contributed by atoms with van der Waals surface area (Å²) in [6.45, 7) is 2.33. The van der Waals surface area contributed by atoms with Crippen LogP contribution < -0.4 is 10.1 Å². The quantitative estimate of drug-likeness (QED) is 0.591. The van der Waals surface area contributed by atoms with Gasteiger partial charge in [-0.15, -0.1) is 0 Å². The van der Waals surface area contributed by atoms with E-state index in [4.69, 9.17) is 9.47 Å². The van der Waals surface area contributed by atoms with Crippen LogP contribution in [0.1, 0.15) is 13.3 Å². The van der Waals surface area contributed by atoms with Crippen LogP contribution in [0.3, 0.4) is 0 Å². The number of rotatable bonds is 7. The summed E-state index contributed by atoms with van der Waals surface area (Å²) < 4.78 is 10.3. The Hall–Kier alpha value is -1.88. The minimum atomic E-state index is -0.323. The molecule has 0 unspecified atom stereocenters. The molecule has 0 atom stereocenters. The number of anilines is 1. The summed E-state index contributed by atoms with van der Waals surface area (Å²) in [6.07, 6.45) is -0.116. The molecule has 0 radical (unpaired) electrons. The lowest BCUT2D eigenvalue weighted by Gasteiger charge is -2.08. The van der Waals surface area contributed by atoms with Crippen molar-refractivity contribution in [1.82, 2.24) is 0 Å². The number of carbonyl (C=O) groups excluding carboxylic acids is 2. The summed E-state index contributed by atoms with van der Waals surface area (Å²) in [6, 6.07) is 7.00. The predicted octanol–water partition coefficient (Wildman–Crippen LogP) is 1.63. The summed E-state index contributed by atoms with van der Waals surface area (Å²) in [4.78, 5) is 22.2. The zero-order chi connectivity index (χ0) is 13.4. The van der Waals surface area contributed by atoms with Crippen LogP contribution in [-0.4, -0.2) is 32.0 Å². The minimum Gasteiger partial charge on any atom is -0.491 e. The highest BCUT2D eigenvalue weighted by Gasteiger charge is 2.05. The van der Waals surface area contributed by atoms with E-state index in [0.29, 0.717) is 24.7 Å². The van der Waals surface area contributed by atoms with Crippen molar-refractivity contribution in [2.75, 3.05) is 25.6 Å². The van der Waals surface area contributed by atoms with Crippen LogP contribution in [0.2, 0.25) is 0 Å². The number of benzene rings is 1. The standard InChI is InChI=1S/C13H17NO4/c1-10(15)8-13(16)14-11-4-3-5-12(9-11)18-7-6-17-2/h3-5,9H,6-8H2,1-2H3,(H,14,16). The zero-order valence-corrected chi connectivity index (χ0v) is 10.6. The number of hydrogen-bond acceptors (Lipinski definition) is 4. The summed E-state index contributed by atoms with van der Waals surface area (Å²) in [5.41, 5.74) is 0.608. The van der Waals surface area contributed by atoms with Gasteiger partial charge in [0.2, 0.25) is 5.91 Å². The van der Waals surface area contributed by atoms with Gasteiger partial charge in [-0.3, -0.25) is 9.59 Å². The van der Waals surface area contributed by atoms with Crippen LogP contribution in [-0.2, 0) is 14.3 Å². The number of carbonyl (C=O) groups is 2. The van der Waals surface area contributed by atoms with Gasteiger partial charge in [-0.2, -0.15) is 0 Å². The second-order valence-electron chi connectivity index (χ2n) is 3.80. The Bertz CT molecular complexity index is 417. The number of ether oxygens (including phenoxy) is 2. The van der Waals surface area contributed by atoms with Gasteiger partial charge >= 0.3 is 0 Å². The Balaban J connectivity index is 2.53. The fourth-order valence-corrected chi connectivity index (χ4v) is 1.34. The van der Waals surface area contributed by atoms with Crippen LogP contribution in [0.25, 0.3) is 0 Å². The molecule has 98 valence electrons. The third-order valence-corrected chi connectivity index (χ3v) is 2.08. The molecule has 1 rings (SSSR count). The van der Waals surface area contributed by atoms with Crippen LogP contribution in [0, 0.1) is 0 Å². The topological polar surface area (TPSA) is 64.6 Å². The average molecular weight is 251 g/mol. The average Bonchev–Trinajstić information content (AvgIpc) is 2.28. The van der Waals surface area contributed by atoms with Crippen molar-refractivity contribution in [3.05, 3.63) is 24.3 Å². The second kappa shape index (κ2) is 7.45. The minimum absolute atomic E-state index is 0.116. The first-order valence-electron chi connectivity index (χ1n) is 5.63. The summed E-state index contributed by atoms with van der Waals surface area (Å²) in [5, 5.41) is 2.63. The van der Waals surface area contributed by atoms with Crippen molar-refractivity contribution in [2.24, 2.45) is 0 Å². The van der Waals surface area contributed by atoms with E-state index in [1.54, 1.807) is 31.4 Å². The molecule has 5 heteroatoms. The lowest BCUT2D eigenvalue weighted by Crippen LogP contribution is -2.14. The molecule has 1 aromatic rings. The molecule has 0 aliphatic rings. The molecule has 5 nitrogen and oxygen atoms in total. The zero-order valence-electron chi connectivity index (χ0n) is 10.6. The fraction of sp³-hybridized carbons (Fsp3) is 0.385. The molecule has 1 amide bonds. The molecular weight excluding hydrogens is 234 g/mol. The molecular formula is C13H17NO4. The Morgan fingerprint density at radius 1 is 1.28 bits per heavy atom. The van der Waals surface area contributed by atoms with Crippen LogP contribution in [0.4, 0.5) is 5.69 Å². The fourth-order valence-electron chi connectivity index (χ4n) is 1.34. The normalized spacial score (nSPS) is 9.89. The van der Waals surface area contributed by atoms with Gasteiger partial charge in [-0.1, -0.05) is 6.07 Å². The van der Waals surface area contributed by atoms with E-state index in [9.17, 15) is 9.59 Å². The van der Waals surface area contributed by atoms with Gasteiger partial charge in [-0.05, 0) is 19.1 Å². The van der Waals surface area contributed by atoms with E-state index < -0.39 is 0 Å². The maximum atomic E-state index is 11.4. The third kappa shape index (κ3) is 5.45. The van der Waals surface area contributed by atoms with E-state index >= 15 is 0 Å². The monoisotopic (exact) mass is 251 g/mol. The van der Waals surface area contributed by atoms with Crippen LogP contribution in [0.15, 0.2) is 24.3 Å². The first-order chi connectivity index (χ1) is 8.61. The van der Waals surface area contributed by atoms with Gasteiger partial charge in [0.25, 0.3) is 0 Å². The highest BCUT2D eigenvalue weighted by molar-refractivity contribution is 6.03. The SMILES string of the molecule is COCCOc1cccc(NC(=O)CC(C)=O)c1. The van der Waals surface area contributed by atoms with Crippen molar-refractivity contribution in [2.45, 2.75) is 13.3 Å². The van der Waals surface area contributed by atoms with Crippen molar-refractivity contribution in [1.29, 1.82) is 0 Å². The molecule has 0 heterocycles. The molecule has 0 aliphatic carbocycles. The predicted molar refractivity (Wildman–Crippen MR) is 67.7 cm³/mol.